The lowest BCUT2D eigenvalue weighted by Gasteiger charge is -2.06. The van der Waals surface area contributed by atoms with E-state index in [2.05, 4.69) is 12.1 Å². The first-order chi connectivity index (χ1) is 9.24. The van der Waals surface area contributed by atoms with Gasteiger partial charge in [-0.3, -0.25) is 4.79 Å². The minimum atomic E-state index is 0.482. The van der Waals surface area contributed by atoms with Crippen LogP contribution in [0.1, 0.15) is 15.9 Å². The van der Waals surface area contributed by atoms with Crippen molar-refractivity contribution in [3.05, 3.63) is 58.6 Å². The number of halogens is 1. The lowest BCUT2D eigenvalue weighted by atomic mass is 10.0. The van der Waals surface area contributed by atoms with Crippen LogP contribution in [0.2, 0.25) is 5.02 Å². The Hall–Kier alpha value is -1.64. The van der Waals surface area contributed by atoms with Crippen molar-refractivity contribution in [1.82, 2.24) is 0 Å². The van der Waals surface area contributed by atoms with Gasteiger partial charge in [-0.15, -0.1) is 0 Å². The lowest BCUT2D eigenvalue weighted by Crippen LogP contribution is -1.94. The Morgan fingerprint density at radius 2 is 1.79 bits per heavy atom. The van der Waals surface area contributed by atoms with Crippen LogP contribution in [-0.4, -0.2) is 20.0 Å². The SMILES string of the molecule is COCCc1ccc(-c2ccc(Cl)c(C=O)c2)cc1. The fourth-order valence-corrected chi connectivity index (χ4v) is 2.06. The van der Waals surface area contributed by atoms with Crippen molar-refractivity contribution in [2.75, 3.05) is 13.7 Å². The number of ether oxygens (including phenoxy) is 1. The fraction of sp³-hybridized carbons (Fsp3) is 0.188. The molecule has 2 nitrogen and oxygen atoms in total. The summed E-state index contributed by atoms with van der Waals surface area (Å²) in [4.78, 5) is 10.9. The average Bonchev–Trinajstić information content (AvgIpc) is 2.46. The molecule has 0 spiro atoms. The zero-order chi connectivity index (χ0) is 13.7. The Morgan fingerprint density at radius 3 is 2.42 bits per heavy atom. The highest BCUT2D eigenvalue weighted by Gasteiger charge is 2.03. The minimum absolute atomic E-state index is 0.482. The van der Waals surface area contributed by atoms with E-state index < -0.39 is 0 Å². The number of hydrogen-bond acceptors (Lipinski definition) is 2. The van der Waals surface area contributed by atoms with Crippen molar-refractivity contribution in [3.8, 4) is 11.1 Å². The highest BCUT2D eigenvalue weighted by Crippen LogP contribution is 2.24. The van der Waals surface area contributed by atoms with Crippen LogP contribution in [0, 0.1) is 0 Å². The van der Waals surface area contributed by atoms with Gasteiger partial charge in [0, 0.05) is 12.7 Å². The highest BCUT2D eigenvalue weighted by atomic mass is 35.5. The highest BCUT2D eigenvalue weighted by molar-refractivity contribution is 6.33. The van der Waals surface area contributed by atoms with Crippen LogP contribution in [0.25, 0.3) is 11.1 Å². The standard InChI is InChI=1S/C16H15ClO2/c1-19-9-8-12-2-4-13(5-3-12)14-6-7-16(17)15(10-14)11-18/h2-7,10-11H,8-9H2,1H3. The molecule has 0 aliphatic heterocycles. The van der Waals surface area contributed by atoms with E-state index in [0.717, 1.165) is 30.4 Å². The molecule has 2 aromatic carbocycles. The molecule has 0 saturated carbocycles. The van der Waals surface area contributed by atoms with Crippen molar-refractivity contribution >= 4 is 17.9 Å². The summed E-state index contributed by atoms with van der Waals surface area (Å²) in [5.41, 5.74) is 3.81. The van der Waals surface area contributed by atoms with Gasteiger partial charge in [-0.2, -0.15) is 0 Å². The number of benzene rings is 2. The molecule has 0 bridgehead atoms. The molecule has 0 saturated heterocycles. The summed E-state index contributed by atoms with van der Waals surface area (Å²) < 4.78 is 5.05. The van der Waals surface area contributed by atoms with E-state index in [9.17, 15) is 4.79 Å². The minimum Gasteiger partial charge on any atom is -0.384 e. The molecule has 0 aliphatic rings. The fourth-order valence-electron chi connectivity index (χ4n) is 1.90. The third-order valence-electron chi connectivity index (χ3n) is 3.01. The first-order valence-corrected chi connectivity index (χ1v) is 6.45. The third-order valence-corrected chi connectivity index (χ3v) is 3.35. The second-order valence-corrected chi connectivity index (χ2v) is 4.70. The summed E-state index contributed by atoms with van der Waals surface area (Å²) in [7, 11) is 1.70. The van der Waals surface area contributed by atoms with Crippen LogP contribution < -0.4 is 0 Å². The predicted molar refractivity (Wildman–Crippen MR) is 77.9 cm³/mol. The van der Waals surface area contributed by atoms with Crippen LogP contribution >= 0.6 is 11.6 Å². The maximum absolute atomic E-state index is 10.9. The van der Waals surface area contributed by atoms with Crippen LogP contribution in [0.15, 0.2) is 42.5 Å². The van der Waals surface area contributed by atoms with Crippen LogP contribution in [0.3, 0.4) is 0 Å². The van der Waals surface area contributed by atoms with E-state index in [1.807, 2.05) is 18.2 Å². The molecule has 19 heavy (non-hydrogen) atoms. The second-order valence-electron chi connectivity index (χ2n) is 4.29. The molecule has 0 N–H and O–H groups in total. The molecule has 2 rings (SSSR count). The third kappa shape index (κ3) is 3.43. The summed E-state index contributed by atoms with van der Waals surface area (Å²) in [6.07, 6.45) is 1.68. The zero-order valence-electron chi connectivity index (χ0n) is 10.7. The number of carbonyl (C=O) groups excluding carboxylic acids is 1. The first-order valence-electron chi connectivity index (χ1n) is 6.07. The van der Waals surface area contributed by atoms with Crippen molar-refractivity contribution in [3.63, 3.8) is 0 Å². The Kier molecular flexibility index (Phi) is 4.72. The van der Waals surface area contributed by atoms with Crippen LogP contribution in [-0.2, 0) is 11.2 Å². The smallest absolute Gasteiger partial charge is 0.151 e. The zero-order valence-corrected chi connectivity index (χ0v) is 11.5. The van der Waals surface area contributed by atoms with Gasteiger partial charge in [0.1, 0.15) is 0 Å². The number of methoxy groups -OCH3 is 1. The Morgan fingerprint density at radius 1 is 1.11 bits per heavy atom. The summed E-state index contributed by atoms with van der Waals surface area (Å²) >= 11 is 5.92. The van der Waals surface area contributed by atoms with Gasteiger partial charge in [0.25, 0.3) is 0 Å². The largest absolute Gasteiger partial charge is 0.384 e. The van der Waals surface area contributed by atoms with Gasteiger partial charge in [0.2, 0.25) is 0 Å². The van der Waals surface area contributed by atoms with E-state index in [-0.39, 0.29) is 0 Å². The molecule has 2 aromatic rings. The number of rotatable bonds is 5. The van der Waals surface area contributed by atoms with Gasteiger partial charge in [-0.05, 0) is 35.2 Å². The quantitative estimate of drug-likeness (QED) is 0.770. The predicted octanol–water partition coefficient (Wildman–Crippen LogP) is 4.01. The van der Waals surface area contributed by atoms with Crippen LogP contribution in [0.5, 0.6) is 0 Å². The van der Waals surface area contributed by atoms with Crippen LogP contribution in [0.4, 0.5) is 0 Å². The van der Waals surface area contributed by atoms with E-state index in [1.165, 1.54) is 5.56 Å². The molecule has 0 unspecified atom stereocenters. The summed E-state index contributed by atoms with van der Waals surface area (Å²) in [5, 5.41) is 0.482. The normalized spacial score (nSPS) is 10.4. The maximum Gasteiger partial charge on any atom is 0.151 e. The monoisotopic (exact) mass is 274 g/mol. The number of aldehydes is 1. The van der Waals surface area contributed by atoms with E-state index >= 15 is 0 Å². The Bertz CT molecular complexity index is 561. The molecule has 0 radical (unpaired) electrons. The molecular formula is C16H15ClO2. The van der Waals surface area contributed by atoms with Gasteiger partial charge in [0.15, 0.2) is 6.29 Å². The molecule has 0 fully saturated rings. The van der Waals surface area contributed by atoms with E-state index in [1.54, 1.807) is 19.2 Å². The van der Waals surface area contributed by atoms with E-state index in [0.29, 0.717) is 10.6 Å². The molecule has 98 valence electrons. The molecule has 0 aliphatic carbocycles. The van der Waals surface area contributed by atoms with Gasteiger partial charge < -0.3 is 4.74 Å². The van der Waals surface area contributed by atoms with Gasteiger partial charge in [0.05, 0.1) is 11.6 Å². The average molecular weight is 275 g/mol. The van der Waals surface area contributed by atoms with Gasteiger partial charge in [-0.25, -0.2) is 0 Å². The first kappa shape index (κ1) is 13.8. The summed E-state index contributed by atoms with van der Waals surface area (Å²) in [5.74, 6) is 0. The topological polar surface area (TPSA) is 26.3 Å². The van der Waals surface area contributed by atoms with Crippen molar-refractivity contribution in [2.45, 2.75) is 6.42 Å². The molecule has 0 heterocycles. The summed E-state index contributed by atoms with van der Waals surface area (Å²) in [6.45, 7) is 0.718. The Balaban J connectivity index is 2.24. The number of hydrogen-bond donors (Lipinski definition) is 0. The molecule has 0 aromatic heterocycles. The van der Waals surface area contributed by atoms with E-state index in [4.69, 9.17) is 16.3 Å². The second kappa shape index (κ2) is 6.50. The Labute approximate surface area is 118 Å². The van der Waals surface area contributed by atoms with Gasteiger partial charge >= 0.3 is 0 Å². The molecule has 0 amide bonds. The van der Waals surface area contributed by atoms with Crippen molar-refractivity contribution < 1.29 is 9.53 Å². The lowest BCUT2D eigenvalue weighted by molar-refractivity contribution is 0.112. The van der Waals surface area contributed by atoms with Gasteiger partial charge in [-0.1, -0.05) is 41.9 Å². The molecule has 3 heteroatoms. The van der Waals surface area contributed by atoms with Crippen molar-refractivity contribution in [1.29, 1.82) is 0 Å². The van der Waals surface area contributed by atoms with Crippen molar-refractivity contribution in [2.24, 2.45) is 0 Å². The summed E-state index contributed by atoms with van der Waals surface area (Å²) in [6, 6.07) is 13.7. The number of carbonyl (C=O) groups is 1. The maximum atomic E-state index is 10.9. The molecular weight excluding hydrogens is 260 g/mol. The molecule has 0 atom stereocenters.